The van der Waals surface area contributed by atoms with Gasteiger partial charge in [-0.2, -0.15) is 12.1 Å². The molecule has 1 radical (unpaired) electrons. The van der Waals surface area contributed by atoms with Gasteiger partial charge >= 0.3 is 0 Å². The molecule has 0 amide bonds. The molecule has 1 aromatic carbocycles. The zero-order valence-corrected chi connectivity index (χ0v) is 19.4. The Balaban J connectivity index is 0.00000264. The predicted octanol–water partition coefficient (Wildman–Crippen LogP) is 4.10. The Labute approximate surface area is 183 Å². The quantitative estimate of drug-likeness (QED) is 0.321. The topological polar surface area (TPSA) is 31.2 Å². The second kappa shape index (κ2) is 9.98. The van der Waals surface area contributed by atoms with Crippen LogP contribution in [0.1, 0.15) is 13.8 Å². The van der Waals surface area contributed by atoms with Gasteiger partial charge in [0, 0.05) is 39.3 Å². The van der Waals surface area contributed by atoms with Crippen molar-refractivity contribution in [1.82, 2.24) is 4.57 Å². The van der Waals surface area contributed by atoms with Crippen molar-refractivity contribution in [3.05, 3.63) is 48.7 Å². The van der Waals surface area contributed by atoms with Gasteiger partial charge in [0.25, 0.3) is 0 Å². The van der Waals surface area contributed by atoms with Crippen LogP contribution in [0.2, 0.25) is 0 Å². The minimum atomic E-state index is 0. The van der Waals surface area contributed by atoms with Gasteiger partial charge in [-0.1, -0.05) is 33.1 Å². The van der Waals surface area contributed by atoms with E-state index in [2.05, 4.69) is 33.8 Å². The van der Waals surface area contributed by atoms with Gasteiger partial charge in [0.05, 0.1) is 0 Å². The zero-order valence-electron chi connectivity index (χ0n) is 12.8. The molecule has 0 spiro atoms. The molecule has 0 fully saturated rings. The SMILES string of the molecule is CC#CCOc1ccc(-c2[c-]cc(I)c(=O)n2CC)c(Br)c1.[Y]. The van der Waals surface area contributed by atoms with E-state index >= 15 is 0 Å². The predicted molar refractivity (Wildman–Crippen MR) is 100 cm³/mol. The monoisotopic (exact) mass is 559 g/mol. The molecule has 0 saturated carbocycles. The molecule has 0 saturated heterocycles. The van der Waals surface area contributed by atoms with E-state index in [0.717, 1.165) is 21.5 Å². The van der Waals surface area contributed by atoms with E-state index in [9.17, 15) is 4.79 Å². The van der Waals surface area contributed by atoms with Gasteiger partial charge in [-0.15, -0.1) is 34.6 Å². The molecule has 1 heterocycles. The minimum Gasteiger partial charge on any atom is -0.481 e. The summed E-state index contributed by atoms with van der Waals surface area (Å²) in [5, 5.41) is 0. The van der Waals surface area contributed by atoms with E-state index in [0.29, 0.717) is 16.7 Å². The molecule has 1 aromatic heterocycles. The summed E-state index contributed by atoms with van der Waals surface area (Å²) in [6.45, 7) is 4.68. The molecule has 2 rings (SSSR count). The first kappa shape index (κ1) is 20.9. The van der Waals surface area contributed by atoms with Gasteiger partial charge in [-0.25, -0.2) is 0 Å². The second-order valence-corrected chi connectivity index (χ2v) is 6.41. The number of nitrogens with zero attached hydrogens (tertiary/aromatic N) is 1. The van der Waals surface area contributed by atoms with Crippen LogP contribution in [0.25, 0.3) is 11.3 Å². The minimum absolute atomic E-state index is 0. The Hall–Kier alpha value is -0.156. The summed E-state index contributed by atoms with van der Waals surface area (Å²) in [6, 6.07) is 10.6. The number of benzene rings is 1. The summed E-state index contributed by atoms with van der Waals surface area (Å²) in [5.74, 6) is 6.37. The maximum Gasteiger partial charge on any atom is 0.207 e. The second-order valence-electron chi connectivity index (χ2n) is 4.39. The van der Waals surface area contributed by atoms with Crippen LogP contribution in [0, 0.1) is 21.5 Å². The fourth-order valence-electron chi connectivity index (χ4n) is 2.00. The van der Waals surface area contributed by atoms with Crippen molar-refractivity contribution >= 4 is 38.5 Å². The molecular weight excluding hydrogens is 546 g/mol. The van der Waals surface area contributed by atoms with E-state index in [4.69, 9.17) is 4.74 Å². The molecule has 2 aromatic rings. The smallest absolute Gasteiger partial charge is 0.207 e. The third-order valence-electron chi connectivity index (χ3n) is 3.05. The number of pyridine rings is 1. The Bertz CT molecular complexity index is 808. The van der Waals surface area contributed by atoms with Gasteiger partial charge in [-0.3, -0.25) is 4.79 Å². The van der Waals surface area contributed by atoms with Gasteiger partial charge in [0.15, 0.2) is 0 Å². The first-order valence-electron chi connectivity index (χ1n) is 6.71. The van der Waals surface area contributed by atoms with E-state index in [1.807, 2.05) is 47.7 Å². The maximum absolute atomic E-state index is 12.2. The molecule has 0 bridgehead atoms. The molecule has 0 N–H and O–H groups in total. The van der Waals surface area contributed by atoms with Crippen molar-refractivity contribution in [3.63, 3.8) is 0 Å². The van der Waals surface area contributed by atoms with Gasteiger partial charge in [-0.05, 0) is 34.0 Å². The first-order chi connectivity index (χ1) is 10.6. The number of hydrogen-bond acceptors (Lipinski definition) is 2. The van der Waals surface area contributed by atoms with Crippen LogP contribution in [0.3, 0.4) is 0 Å². The average Bonchev–Trinajstić information content (AvgIpc) is 2.51. The van der Waals surface area contributed by atoms with Crippen molar-refractivity contribution < 1.29 is 37.4 Å². The summed E-state index contributed by atoms with van der Waals surface area (Å²) in [7, 11) is 0. The number of halogens is 2. The first-order valence-corrected chi connectivity index (χ1v) is 8.59. The van der Waals surface area contributed by atoms with Crippen LogP contribution in [0.5, 0.6) is 5.75 Å². The van der Waals surface area contributed by atoms with Crippen LogP contribution < -0.4 is 10.3 Å². The standard InChI is InChI=1S/C17H14BrINO2.Y/c1-3-5-10-22-12-6-7-13(14(18)11-12)16-9-8-15(19)17(21)20(16)4-2;/h6-8,11H,4,10H2,1-2H3;/q-1;. The third-order valence-corrected chi connectivity index (χ3v) is 4.48. The fraction of sp³-hybridized carbons (Fsp3) is 0.235. The Morgan fingerprint density at radius 2 is 2.17 bits per heavy atom. The normalized spacial score (nSPS) is 9.57. The summed E-state index contributed by atoms with van der Waals surface area (Å²) in [6.07, 6.45) is 0. The van der Waals surface area contributed by atoms with Crippen molar-refractivity contribution in [3.8, 4) is 28.8 Å². The number of rotatable bonds is 4. The maximum atomic E-state index is 12.2. The number of aromatic nitrogens is 1. The molecule has 6 heteroatoms. The van der Waals surface area contributed by atoms with Crippen molar-refractivity contribution in [1.29, 1.82) is 0 Å². The molecule has 0 unspecified atom stereocenters. The summed E-state index contributed by atoms with van der Waals surface area (Å²) in [5.41, 5.74) is 1.67. The molecule has 3 nitrogen and oxygen atoms in total. The molecule has 23 heavy (non-hydrogen) atoms. The fourth-order valence-corrected chi connectivity index (χ4v) is 2.99. The molecular formula is C17H14BrINO2Y-. The number of hydrogen-bond donors (Lipinski definition) is 0. The molecule has 0 atom stereocenters. The van der Waals surface area contributed by atoms with E-state index in [1.165, 1.54) is 0 Å². The largest absolute Gasteiger partial charge is 0.481 e. The molecule has 0 aliphatic carbocycles. The third kappa shape index (κ3) is 5.16. The van der Waals surface area contributed by atoms with Crippen LogP contribution in [0.4, 0.5) is 0 Å². The molecule has 0 aliphatic heterocycles. The average molecular weight is 560 g/mol. The van der Waals surface area contributed by atoms with E-state index in [1.54, 1.807) is 17.6 Å². The van der Waals surface area contributed by atoms with Crippen molar-refractivity contribution in [2.45, 2.75) is 20.4 Å². The Kier molecular flexibility index (Phi) is 9.06. The molecule has 0 aliphatic rings. The van der Waals surface area contributed by atoms with Crippen molar-refractivity contribution in [2.75, 3.05) is 6.61 Å². The van der Waals surface area contributed by atoms with Crippen LogP contribution in [-0.4, -0.2) is 11.2 Å². The molecule has 117 valence electrons. The van der Waals surface area contributed by atoms with Crippen molar-refractivity contribution in [2.24, 2.45) is 0 Å². The number of ether oxygens (including phenoxy) is 1. The summed E-state index contributed by atoms with van der Waals surface area (Å²) in [4.78, 5) is 12.2. The van der Waals surface area contributed by atoms with Gasteiger partial charge < -0.3 is 9.30 Å². The zero-order chi connectivity index (χ0) is 16.1. The van der Waals surface area contributed by atoms with Gasteiger partial charge in [0.2, 0.25) is 5.56 Å². The van der Waals surface area contributed by atoms with Gasteiger partial charge in [0.1, 0.15) is 12.4 Å². The Morgan fingerprint density at radius 3 is 2.78 bits per heavy atom. The Morgan fingerprint density at radius 1 is 1.43 bits per heavy atom. The summed E-state index contributed by atoms with van der Waals surface area (Å²) < 4.78 is 8.77. The van der Waals surface area contributed by atoms with Crippen LogP contribution in [0.15, 0.2) is 33.5 Å². The van der Waals surface area contributed by atoms with E-state index < -0.39 is 0 Å². The van der Waals surface area contributed by atoms with E-state index in [-0.39, 0.29) is 38.3 Å². The summed E-state index contributed by atoms with van der Waals surface area (Å²) >= 11 is 5.58. The van der Waals surface area contributed by atoms with Crippen LogP contribution in [-0.2, 0) is 39.3 Å². The van der Waals surface area contributed by atoms with Crippen LogP contribution >= 0.6 is 38.5 Å².